The van der Waals surface area contributed by atoms with E-state index in [1.165, 1.54) is 7.05 Å². The van der Waals surface area contributed by atoms with Crippen LogP contribution in [0.5, 0.6) is 0 Å². The summed E-state index contributed by atoms with van der Waals surface area (Å²) in [6.45, 7) is 3.47. The Morgan fingerprint density at radius 2 is 2.06 bits per heavy atom. The number of aromatic nitrogens is 2. The fraction of sp³-hybridized carbons (Fsp3) is 0.636. The molecule has 1 aliphatic carbocycles. The van der Waals surface area contributed by atoms with E-state index in [9.17, 15) is 18.0 Å². The highest BCUT2D eigenvalue weighted by molar-refractivity contribution is 5.77. The van der Waals surface area contributed by atoms with Crippen LogP contribution in [0.15, 0.2) is 6.07 Å². The minimum absolute atomic E-state index is 0.319. The number of rotatable bonds is 2. The van der Waals surface area contributed by atoms with Gasteiger partial charge in [0.05, 0.1) is 5.92 Å². The highest BCUT2D eigenvalue weighted by Crippen LogP contribution is 2.64. The Hall–Kier alpha value is -1.53. The van der Waals surface area contributed by atoms with Crippen molar-refractivity contribution in [3.63, 3.8) is 0 Å². The van der Waals surface area contributed by atoms with E-state index in [1.807, 2.05) is 0 Å². The van der Waals surface area contributed by atoms with E-state index in [2.05, 4.69) is 5.10 Å². The Bertz CT molecular complexity index is 505. The molecule has 0 saturated heterocycles. The predicted octanol–water partition coefficient (Wildman–Crippen LogP) is 2.26. The van der Waals surface area contributed by atoms with Crippen LogP contribution in [0.25, 0.3) is 0 Å². The third-order valence-corrected chi connectivity index (χ3v) is 3.62. The molecule has 1 aromatic heterocycles. The maximum atomic E-state index is 12.5. The second kappa shape index (κ2) is 3.49. The SMILES string of the molecule is Cn1nc(C(F)(F)F)cc1C1C(C(=O)O)C1(C)C. The molecule has 0 bridgehead atoms. The van der Waals surface area contributed by atoms with Gasteiger partial charge in [0.2, 0.25) is 0 Å². The van der Waals surface area contributed by atoms with E-state index in [0.717, 1.165) is 10.7 Å². The molecule has 1 saturated carbocycles. The number of nitrogens with zero attached hydrogens (tertiary/aromatic N) is 2. The molecule has 1 fully saturated rings. The van der Waals surface area contributed by atoms with Crippen molar-refractivity contribution in [2.75, 3.05) is 0 Å². The lowest BCUT2D eigenvalue weighted by Gasteiger charge is -2.01. The van der Waals surface area contributed by atoms with E-state index in [1.54, 1.807) is 13.8 Å². The number of alkyl halides is 3. The van der Waals surface area contributed by atoms with Gasteiger partial charge in [0.1, 0.15) is 0 Å². The minimum atomic E-state index is -4.51. The Morgan fingerprint density at radius 1 is 1.50 bits per heavy atom. The maximum Gasteiger partial charge on any atom is 0.435 e. The van der Waals surface area contributed by atoms with E-state index in [4.69, 9.17) is 5.11 Å². The smallest absolute Gasteiger partial charge is 0.435 e. The van der Waals surface area contributed by atoms with Crippen molar-refractivity contribution < 1.29 is 23.1 Å². The normalized spacial score (nSPS) is 26.1. The van der Waals surface area contributed by atoms with E-state index < -0.39 is 35.1 Å². The predicted molar refractivity (Wildman–Crippen MR) is 55.9 cm³/mol. The number of carboxylic acids is 1. The largest absolute Gasteiger partial charge is 0.481 e. The number of hydrogen-bond donors (Lipinski definition) is 1. The summed E-state index contributed by atoms with van der Waals surface area (Å²) < 4.78 is 38.7. The van der Waals surface area contributed by atoms with Crippen molar-refractivity contribution in [1.82, 2.24) is 9.78 Å². The highest BCUT2D eigenvalue weighted by atomic mass is 19.4. The molecule has 1 heterocycles. The summed E-state index contributed by atoms with van der Waals surface area (Å²) in [5.74, 6) is -2.07. The van der Waals surface area contributed by atoms with E-state index in [-0.39, 0.29) is 0 Å². The number of halogens is 3. The standard InChI is InChI=1S/C11H13F3N2O2/c1-10(2)7(8(10)9(17)18)5-4-6(11(12,13)14)15-16(5)3/h4,7-8H,1-3H3,(H,17,18). The van der Waals surface area contributed by atoms with Crippen LogP contribution in [0.2, 0.25) is 0 Å². The van der Waals surface area contributed by atoms with Crippen molar-refractivity contribution >= 4 is 5.97 Å². The second-order valence-corrected chi connectivity index (χ2v) is 5.19. The van der Waals surface area contributed by atoms with Gasteiger partial charge in [-0.15, -0.1) is 0 Å². The number of carbonyl (C=O) groups is 1. The van der Waals surface area contributed by atoms with Gasteiger partial charge in [0, 0.05) is 18.7 Å². The topological polar surface area (TPSA) is 55.1 Å². The lowest BCUT2D eigenvalue weighted by atomic mass is 10.1. The Balaban J connectivity index is 2.37. The minimum Gasteiger partial charge on any atom is -0.481 e. The molecular formula is C11H13F3N2O2. The molecule has 0 amide bonds. The molecule has 2 rings (SSSR count). The fourth-order valence-electron chi connectivity index (χ4n) is 2.56. The third-order valence-electron chi connectivity index (χ3n) is 3.62. The molecule has 18 heavy (non-hydrogen) atoms. The lowest BCUT2D eigenvalue weighted by Crippen LogP contribution is -2.06. The zero-order valence-electron chi connectivity index (χ0n) is 10.1. The average Bonchev–Trinajstić information content (AvgIpc) is 2.54. The molecule has 2 unspecified atom stereocenters. The summed E-state index contributed by atoms with van der Waals surface area (Å²) in [5.41, 5.74) is -1.20. The molecule has 0 aromatic carbocycles. The van der Waals surface area contributed by atoms with Crippen LogP contribution in [0, 0.1) is 11.3 Å². The van der Waals surface area contributed by atoms with Gasteiger partial charge in [0.25, 0.3) is 0 Å². The number of carboxylic acid groups (broad SMARTS) is 1. The molecule has 100 valence electrons. The molecular weight excluding hydrogens is 249 g/mol. The number of hydrogen-bond acceptors (Lipinski definition) is 2. The van der Waals surface area contributed by atoms with Crippen LogP contribution < -0.4 is 0 Å². The molecule has 2 atom stereocenters. The van der Waals surface area contributed by atoms with Crippen LogP contribution in [-0.2, 0) is 18.0 Å². The van der Waals surface area contributed by atoms with Gasteiger partial charge in [-0.05, 0) is 11.5 Å². The third kappa shape index (κ3) is 1.77. The Labute approximate surface area is 101 Å². The maximum absolute atomic E-state index is 12.5. The summed E-state index contributed by atoms with van der Waals surface area (Å²) in [7, 11) is 1.40. The molecule has 7 heteroatoms. The molecule has 4 nitrogen and oxygen atoms in total. The van der Waals surface area contributed by atoms with Crippen LogP contribution in [0.4, 0.5) is 13.2 Å². The first kappa shape index (κ1) is 12.9. The van der Waals surface area contributed by atoms with Crippen molar-refractivity contribution in [3.05, 3.63) is 17.5 Å². The number of aliphatic carboxylic acids is 1. The van der Waals surface area contributed by atoms with Crippen molar-refractivity contribution in [2.24, 2.45) is 18.4 Å². The summed E-state index contributed by atoms with van der Waals surface area (Å²) in [4.78, 5) is 11.0. The molecule has 1 aliphatic rings. The van der Waals surface area contributed by atoms with Gasteiger partial charge < -0.3 is 5.11 Å². The molecule has 0 spiro atoms. The second-order valence-electron chi connectivity index (χ2n) is 5.19. The summed E-state index contributed by atoms with van der Waals surface area (Å²) in [6.07, 6.45) is -4.51. The van der Waals surface area contributed by atoms with Gasteiger partial charge in [-0.3, -0.25) is 9.48 Å². The Morgan fingerprint density at radius 3 is 2.39 bits per heavy atom. The van der Waals surface area contributed by atoms with Gasteiger partial charge in [-0.1, -0.05) is 13.8 Å². The first-order valence-electron chi connectivity index (χ1n) is 5.40. The number of aryl methyl sites for hydroxylation is 1. The quantitative estimate of drug-likeness (QED) is 0.889. The molecule has 0 radical (unpaired) electrons. The van der Waals surface area contributed by atoms with Crippen LogP contribution in [0.1, 0.15) is 31.2 Å². The molecule has 0 aliphatic heterocycles. The van der Waals surface area contributed by atoms with Gasteiger partial charge in [-0.25, -0.2) is 0 Å². The zero-order valence-corrected chi connectivity index (χ0v) is 10.1. The van der Waals surface area contributed by atoms with E-state index in [0.29, 0.717) is 5.69 Å². The first-order chi connectivity index (χ1) is 8.06. The zero-order chi connectivity index (χ0) is 13.9. The van der Waals surface area contributed by atoms with Crippen LogP contribution in [0.3, 0.4) is 0 Å². The van der Waals surface area contributed by atoms with Crippen molar-refractivity contribution in [2.45, 2.75) is 25.9 Å². The fourth-order valence-corrected chi connectivity index (χ4v) is 2.56. The van der Waals surface area contributed by atoms with Crippen molar-refractivity contribution in [3.8, 4) is 0 Å². The average molecular weight is 262 g/mol. The summed E-state index contributed by atoms with van der Waals surface area (Å²) in [6, 6.07) is 0.940. The highest BCUT2D eigenvalue weighted by Gasteiger charge is 2.64. The molecule has 1 N–H and O–H groups in total. The van der Waals surface area contributed by atoms with E-state index >= 15 is 0 Å². The van der Waals surface area contributed by atoms with Gasteiger partial charge in [-0.2, -0.15) is 18.3 Å². The lowest BCUT2D eigenvalue weighted by molar-refractivity contribution is -0.141. The first-order valence-corrected chi connectivity index (χ1v) is 5.40. The van der Waals surface area contributed by atoms with Gasteiger partial charge in [0.15, 0.2) is 5.69 Å². The van der Waals surface area contributed by atoms with Crippen molar-refractivity contribution in [1.29, 1.82) is 0 Å². The molecule has 1 aromatic rings. The van der Waals surface area contributed by atoms with Crippen LogP contribution >= 0.6 is 0 Å². The summed E-state index contributed by atoms with van der Waals surface area (Å²) in [5, 5.41) is 12.4. The van der Waals surface area contributed by atoms with Crippen LogP contribution in [-0.4, -0.2) is 20.9 Å². The Kier molecular flexibility index (Phi) is 2.50. The van der Waals surface area contributed by atoms with Gasteiger partial charge >= 0.3 is 12.1 Å². The summed E-state index contributed by atoms with van der Waals surface area (Å²) >= 11 is 0. The monoisotopic (exact) mass is 262 g/mol.